The number of nitrogens with zero attached hydrogens (tertiary/aromatic N) is 1. The van der Waals surface area contributed by atoms with E-state index < -0.39 is 14.5 Å². The fourth-order valence-corrected chi connectivity index (χ4v) is 2.86. The highest BCUT2D eigenvalue weighted by molar-refractivity contribution is 8.13. The van der Waals surface area contributed by atoms with Crippen LogP contribution in [-0.4, -0.2) is 27.4 Å². The third-order valence-corrected chi connectivity index (χ3v) is 3.03. The van der Waals surface area contributed by atoms with E-state index in [-0.39, 0.29) is 12.2 Å². The van der Waals surface area contributed by atoms with Crippen LogP contribution in [0.25, 0.3) is 0 Å². The second-order valence-corrected chi connectivity index (χ2v) is 5.79. The first-order chi connectivity index (χ1) is 5.47. The van der Waals surface area contributed by atoms with Crippen LogP contribution in [0.2, 0.25) is 0 Å². The lowest BCUT2D eigenvalue weighted by atomic mass is 9.85. The molecule has 0 spiro atoms. The number of ether oxygens (including phenoxy) is 1. The molecule has 0 unspecified atom stereocenters. The van der Waals surface area contributed by atoms with Crippen molar-refractivity contribution in [3.8, 4) is 6.07 Å². The average molecular weight is 210 g/mol. The van der Waals surface area contributed by atoms with Crippen molar-refractivity contribution in [2.75, 3.05) is 19.0 Å². The zero-order valence-electron chi connectivity index (χ0n) is 6.29. The molecule has 1 saturated heterocycles. The molecule has 0 aliphatic carbocycles. The molecular formula is C6H8ClNO3S. The Balaban J connectivity index is 2.64. The topological polar surface area (TPSA) is 67.2 Å². The van der Waals surface area contributed by atoms with Crippen LogP contribution in [0.3, 0.4) is 0 Å². The van der Waals surface area contributed by atoms with Crippen molar-refractivity contribution >= 4 is 19.7 Å². The van der Waals surface area contributed by atoms with Crippen LogP contribution < -0.4 is 0 Å². The first-order valence-electron chi connectivity index (χ1n) is 3.35. The first kappa shape index (κ1) is 9.78. The summed E-state index contributed by atoms with van der Waals surface area (Å²) >= 11 is 0. The molecule has 0 aromatic heterocycles. The largest absolute Gasteiger partial charge is 0.380 e. The third-order valence-electron chi connectivity index (χ3n) is 1.75. The number of rotatable bonds is 3. The maximum Gasteiger partial charge on any atom is 0.233 e. The van der Waals surface area contributed by atoms with Gasteiger partial charge in [-0.3, -0.25) is 0 Å². The summed E-state index contributed by atoms with van der Waals surface area (Å²) in [6.45, 7) is 0.624. The second-order valence-electron chi connectivity index (χ2n) is 3.01. The molecule has 68 valence electrons. The molecule has 0 amide bonds. The van der Waals surface area contributed by atoms with Crippen molar-refractivity contribution in [2.24, 2.45) is 5.41 Å². The predicted octanol–water partition coefficient (Wildman–Crippen LogP) is 0.485. The molecule has 1 heterocycles. The molecule has 0 radical (unpaired) electrons. The van der Waals surface area contributed by atoms with E-state index in [1.54, 1.807) is 0 Å². The molecule has 1 rings (SSSR count). The molecule has 6 heteroatoms. The molecule has 1 fully saturated rings. The van der Waals surface area contributed by atoms with Gasteiger partial charge >= 0.3 is 0 Å². The molecule has 0 aromatic rings. The van der Waals surface area contributed by atoms with Crippen LogP contribution in [-0.2, 0) is 13.8 Å². The molecule has 0 atom stereocenters. The Labute approximate surface area is 75.5 Å². The van der Waals surface area contributed by atoms with Gasteiger partial charge in [0.25, 0.3) is 0 Å². The van der Waals surface area contributed by atoms with Crippen LogP contribution >= 0.6 is 10.7 Å². The maximum atomic E-state index is 10.7. The van der Waals surface area contributed by atoms with Crippen molar-refractivity contribution in [3.05, 3.63) is 0 Å². The molecule has 0 saturated carbocycles. The lowest BCUT2D eigenvalue weighted by Crippen LogP contribution is -2.46. The average Bonchev–Trinajstić information content (AvgIpc) is 1.80. The predicted molar refractivity (Wildman–Crippen MR) is 43.1 cm³/mol. The summed E-state index contributed by atoms with van der Waals surface area (Å²) in [4.78, 5) is 0. The van der Waals surface area contributed by atoms with E-state index in [2.05, 4.69) is 0 Å². The van der Waals surface area contributed by atoms with Crippen LogP contribution in [0.15, 0.2) is 0 Å². The Morgan fingerprint density at radius 2 is 2.17 bits per heavy atom. The lowest BCUT2D eigenvalue weighted by molar-refractivity contribution is -0.0954. The molecular weight excluding hydrogens is 202 g/mol. The fraction of sp³-hybridized carbons (Fsp3) is 0.833. The maximum absolute atomic E-state index is 10.7. The Kier molecular flexibility index (Phi) is 2.61. The minimum Gasteiger partial charge on any atom is -0.380 e. The highest BCUT2D eigenvalue weighted by Gasteiger charge is 2.42. The van der Waals surface area contributed by atoms with Crippen molar-refractivity contribution in [1.29, 1.82) is 5.26 Å². The summed E-state index contributed by atoms with van der Waals surface area (Å²) in [6.07, 6.45) is 0.180. The van der Waals surface area contributed by atoms with E-state index in [1.165, 1.54) is 0 Å². The van der Waals surface area contributed by atoms with E-state index in [4.69, 9.17) is 20.7 Å². The van der Waals surface area contributed by atoms with Crippen LogP contribution in [0.1, 0.15) is 6.42 Å². The Morgan fingerprint density at radius 1 is 1.58 bits per heavy atom. The second kappa shape index (κ2) is 3.21. The molecule has 12 heavy (non-hydrogen) atoms. The first-order valence-corrected chi connectivity index (χ1v) is 5.82. The summed E-state index contributed by atoms with van der Waals surface area (Å²) in [5, 5.41) is 8.42. The van der Waals surface area contributed by atoms with Crippen molar-refractivity contribution in [3.63, 3.8) is 0 Å². The molecule has 1 aliphatic heterocycles. The summed E-state index contributed by atoms with van der Waals surface area (Å²) in [7, 11) is 1.55. The van der Waals surface area contributed by atoms with Gasteiger partial charge in [-0.15, -0.1) is 0 Å². The molecule has 0 N–H and O–H groups in total. The van der Waals surface area contributed by atoms with Crippen LogP contribution in [0.4, 0.5) is 0 Å². The van der Waals surface area contributed by atoms with E-state index in [0.29, 0.717) is 13.2 Å². The monoisotopic (exact) mass is 209 g/mol. The highest BCUT2D eigenvalue weighted by atomic mass is 35.7. The molecule has 0 aromatic carbocycles. The normalized spacial score (nSPS) is 21.0. The number of hydrogen-bond donors (Lipinski definition) is 0. The van der Waals surface area contributed by atoms with Gasteiger partial charge in [-0.2, -0.15) is 5.26 Å². The Bertz CT molecular complexity index is 301. The quantitative estimate of drug-likeness (QED) is 0.635. The SMILES string of the molecule is N#CCC1(CS(=O)(=O)Cl)COC1. The number of halogens is 1. The zero-order valence-corrected chi connectivity index (χ0v) is 7.86. The van der Waals surface area contributed by atoms with E-state index in [9.17, 15) is 8.42 Å². The number of nitriles is 1. The van der Waals surface area contributed by atoms with Crippen LogP contribution in [0.5, 0.6) is 0 Å². The highest BCUT2D eigenvalue weighted by Crippen LogP contribution is 2.33. The summed E-state index contributed by atoms with van der Waals surface area (Å²) in [6, 6.07) is 1.93. The Hall–Kier alpha value is -0.310. The van der Waals surface area contributed by atoms with Gasteiger partial charge in [0.2, 0.25) is 9.05 Å². The summed E-state index contributed by atoms with van der Waals surface area (Å²) < 4.78 is 26.3. The van der Waals surface area contributed by atoms with Gasteiger partial charge in [0, 0.05) is 22.5 Å². The Morgan fingerprint density at radius 3 is 2.42 bits per heavy atom. The van der Waals surface area contributed by atoms with E-state index in [0.717, 1.165) is 0 Å². The minimum absolute atomic E-state index is 0.172. The summed E-state index contributed by atoms with van der Waals surface area (Å²) in [5.41, 5.74) is -0.546. The van der Waals surface area contributed by atoms with Gasteiger partial charge in [-0.25, -0.2) is 8.42 Å². The fourth-order valence-electron chi connectivity index (χ4n) is 1.16. The third kappa shape index (κ3) is 2.34. The molecule has 1 aliphatic rings. The van der Waals surface area contributed by atoms with Gasteiger partial charge in [-0.1, -0.05) is 0 Å². The summed E-state index contributed by atoms with van der Waals surface area (Å²) in [5.74, 6) is -0.172. The zero-order chi connectivity index (χ0) is 9.24. The molecule has 0 bridgehead atoms. The van der Waals surface area contributed by atoms with Gasteiger partial charge < -0.3 is 4.74 Å². The van der Waals surface area contributed by atoms with E-state index >= 15 is 0 Å². The standard InChI is InChI=1S/C6H8ClNO3S/c7-12(9,10)5-6(1-2-8)3-11-4-6/h1,3-5H2. The van der Waals surface area contributed by atoms with Crippen molar-refractivity contribution in [2.45, 2.75) is 6.42 Å². The lowest BCUT2D eigenvalue weighted by Gasteiger charge is -2.38. The van der Waals surface area contributed by atoms with Gasteiger partial charge in [0.15, 0.2) is 0 Å². The van der Waals surface area contributed by atoms with Gasteiger partial charge in [-0.05, 0) is 0 Å². The molecule has 4 nitrogen and oxygen atoms in total. The van der Waals surface area contributed by atoms with Crippen LogP contribution in [0, 0.1) is 16.7 Å². The number of hydrogen-bond acceptors (Lipinski definition) is 4. The van der Waals surface area contributed by atoms with Gasteiger partial charge in [0.1, 0.15) is 0 Å². The van der Waals surface area contributed by atoms with Gasteiger partial charge in [0.05, 0.1) is 25.0 Å². The smallest absolute Gasteiger partial charge is 0.233 e. The van der Waals surface area contributed by atoms with E-state index in [1.807, 2.05) is 6.07 Å². The van der Waals surface area contributed by atoms with Crippen molar-refractivity contribution < 1.29 is 13.2 Å². The minimum atomic E-state index is -3.52. The van der Waals surface area contributed by atoms with Crippen molar-refractivity contribution in [1.82, 2.24) is 0 Å².